The molecular formula is C13H20N4OS. The van der Waals surface area contributed by atoms with Crippen LogP contribution in [-0.2, 0) is 0 Å². The molecule has 6 heteroatoms. The molecule has 1 saturated carbocycles. The zero-order chi connectivity index (χ0) is 13.8. The van der Waals surface area contributed by atoms with Gasteiger partial charge in [0.05, 0.1) is 0 Å². The number of hydrogen-bond donors (Lipinski definition) is 1. The monoisotopic (exact) mass is 280 g/mol. The molecule has 0 spiro atoms. The summed E-state index contributed by atoms with van der Waals surface area (Å²) in [6.07, 6.45) is 8.28. The third-order valence-corrected chi connectivity index (χ3v) is 4.13. The number of thioether (sulfide) groups is 1. The normalized spacial score (nSPS) is 15.7. The van der Waals surface area contributed by atoms with Crippen LogP contribution in [0.4, 0.5) is 5.82 Å². The summed E-state index contributed by atoms with van der Waals surface area (Å²) < 4.78 is 0. The molecule has 19 heavy (non-hydrogen) atoms. The Morgan fingerprint density at radius 2 is 2.21 bits per heavy atom. The lowest BCUT2D eigenvalue weighted by Crippen LogP contribution is -2.35. The number of amides is 1. The van der Waals surface area contributed by atoms with E-state index in [2.05, 4.69) is 21.8 Å². The molecule has 0 unspecified atom stereocenters. The molecule has 0 aliphatic heterocycles. The Kier molecular flexibility index (Phi) is 4.63. The number of primary amides is 1. The molecule has 2 rings (SSSR count). The fraction of sp³-hybridized carbons (Fsp3) is 0.615. The van der Waals surface area contributed by atoms with Crippen LogP contribution in [0, 0.1) is 0 Å². The zero-order valence-electron chi connectivity index (χ0n) is 11.4. The summed E-state index contributed by atoms with van der Waals surface area (Å²) in [4.78, 5) is 22.4. The van der Waals surface area contributed by atoms with E-state index in [4.69, 9.17) is 5.73 Å². The van der Waals surface area contributed by atoms with Gasteiger partial charge in [-0.1, -0.05) is 24.6 Å². The molecule has 1 aromatic rings. The Bertz CT molecular complexity index is 460. The van der Waals surface area contributed by atoms with Crippen LogP contribution in [0.2, 0.25) is 0 Å². The van der Waals surface area contributed by atoms with E-state index >= 15 is 0 Å². The van der Waals surface area contributed by atoms with Crippen LogP contribution in [0.25, 0.3) is 0 Å². The average Bonchev–Trinajstić information content (AvgIpc) is 2.93. The molecule has 1 aliphatic rings. The van der Waals surface area contributed by atoms with Crippen LogP contribution >= 0.6 is 11.8 Å². The highest BCUT2D eigenvalue weighted by Gasteiger charge is 2.26. The van der Waals surface area contributed by atoms with Gasteiger partial charge < -0.3 is 10.6 Å². The van der Waals surface area contributed by atoms with E-state index in [1.165, 1.54) is 24.6 Å². The predicted octanol–water partition coefficient (Wildman–Crippen LogP) is 2.07. The number of hydrogen-bond acceptors (Lipinski definition) is 5. The maximum atomic E-state index is 11.6. The molecule has 0 bridgehead atoms. The summed E-state index contributed by atoms with van der Waals surface area (Å²) in [5.74, 6) is 0.236. The summed E-state index contributed by atoms with van der Waals surface area (Å²) in [5.41, 5.74) is 5.87. The van der Waals surface area contributed by atoms with Gasteiger partial charge in [0.1, 0.15) is 11.4 Å². The van der Waals surface area contributed by atoms with Gasteiger partial charge in [-0.15, -0.1) is 0 Å². The molecule has 0 radical (unpaired) electrons. The first kappa shape index (κ1) is 14.1. The van der Waals surface area contributed by atoms with Crippen LogP contribution in [0.1, 0.15) is 43.0 Å². The van der Waals surface area contributed by atoms with Crippen molar-refractivity contribution in [1.82, 2.24) is 9.97 Å². The van der Waals surface area contributed by atoms with E-state index in [1.54, 1.807) is 6.20 Å². The lowest BCUT2D eigenvalue weighted by atomic mass is 10.2. The van der Waals surface area contributed by atoms with Gasteiger partial charge >= 0.3 is 0 Å². The summed E-state index contributed by atoms with van der Waals surface area (Å²) in [6, 6.07) is 0.465. The van der Waals surface area contributed by atoms with Gasteiger partial charge in [-0.05, 0) is 26.0 Å². The topological polar surface area (TPSA) is 72.1 Å². The lowest BCUT2D eigenvalue weighted by Gasteiger charge is -2.30. The minimum absolute atomic E-state index is 0.423. The number of carbonyl (C=O) groups is 1. The van der Waals surface area contributed by atoms with Crippen molar-refractivity contribution in [3.63, 3.8) is 0 Å². The van der Waals surface area contributed by atoms with Gasteiger partial charge in [0.15, 0.2) is 5.16 Å². The SMILES string of the molecule is CCN(c1nc(SC)ncc1C(N)=O)C1CCCC1. The Balaban J connectivity index is 2.40. The van der Waals surface area contributed by atoms with E-state index in [0.29, 0.717) is 22.6 Å². The number of anilines is 1. The second-order valence-electron chi connectivity index (χ2n) is 4.68. The minimum Gasteiger partial charge on any atom is -0.365 e. The van der Waals surface area contributed by atoms with E-state index in [-0.39, 0.29) is 0 Å². The van der Waals surface area contributed by atoms with Gasteiger partial charge in [0.25, 0.3) is 5.91 Å². The molecule has 1 aromatic heterocycles. The predicted molar refractivity (Wildman–Crippen MR) is 77.6 cm³/mol. The third kappa shape index (κ3) is 3.00. The van der Waals surface area contributed by atoms with Gasteiger partial charge in [-0.3, -0.25) is 4.79 Å². The fourth-order valence-corrected chi connectivity index (χ4v) is 2.98. The highest BCUT2D eigenvalue weighted by atomic mass is 32.2. The van der Waals surface area contributed by atoms with E-state index in [9.17, 15) is 4.79 Å². The fourth-order valence-electron chi connectivity index (χ4n) is 2.65. The van der Waals surface area contributed by atoms with Crippen LogP contribution in [0.5, 0.6) is 0 Å². The highest BCUT2D eigenvalue weighted by molar-refractivity contribution is 7.98. The zero-order valence-corrected chi connectivity index (χ0v) is 12.2. The maximum Gasteiger partial charge on any atom is 0.254 e. The maximum absolute atomic E-state index is 11.6. The van der Waals surface area contributed by atoms with Gasteiger partial charge in [-0.25, -0.2) is 9.97 Å². The standard InChI is InChI=1S/C13H20N4OS/c1-3-17(9-6-4-5-7-9)12-10(11(14)18)8-15-13(16-12)19-2/h8-9H,3-7H2,1-2H3,(H2,14,18). The molecule has 5 nitrogen and oxygen atoms in total. The molecular weight excluding hydrogens is 260 g/mol. The number of carbonyl (C=O) groups excluding carboxylic acids is 1. The first-order valence-corrected chi connectivity index (χ1v) is 7.87. The summed E-state index contributed by atoms with van der Waals surface area (Å²) in [7, 11) is 0. The first-order chi connectivity index (χ1) is 9.17. The molecule has 104 valence electrons. The van der Waals surface area contributed by atoms with Crippen molar-refractivity contribution in [1.29, 1.82) is 0 Å². The first-order valence-electron chi connectivity index (χ1n) is 6.64. The Labute approximate surface area is 118 Å². The van der Waals surface area contributed by atoms with Gasteiger partial charge in [0.2, 0.25) is 0 Å². The Hall–Kier alpha value is -1.30. The van der Waals surface area contributed by atoms with E-state index < -0.39 is 5.91 Å². The van der Waals surface area contributed by atoms with Crippen molar-refractivity contribution >= 4 is 23.5 Å². The number of nitrogens with zero attached hydrogens (tertiary/aromatic N) is 3. The molecule has 1 fully saturated rings. The second-order valence-corrected chi connectivity index (χ2v) is 5.46. The molecule has 2 N–H and O–H groups in total. The smallest absolute Gasteiger partial charge is 0.254 e. The quantitative estimate of drug-likeness (QED) is 0.660. The van der Waals surface area contributed by atoms with Crippen LogP contribution in [0.15, 0.2) is 11.4 Å². The van der Waals surface area contributed by atoms with Crippen LogP contribution in [-0.4, -0.2) is 34.7 Å². The summed E-state index contributed by atoms with van der Waals surface area (Å²) in [5, 5.41) is 0.677. The van der Waals surface area contributed by atoms with Crippen LogP contribution in [0.3, 0.4) is 0 Å². The largest absolute Gasteiger partial charge is 0.365 e. The van der Waals surface area contributed by atoms with Crippen molar-refractivity contribution in [2.75, 3.05) is 17.7 Å². The van der Waals surface area contributed by atoms with Gasteiger partial charge in [-0.2, -0.15) is 0 Å². The number of rotatable bonds is 5. The van der Waals surface area contributed by atoms with Crippen molar-refractivity contribution in [3.05, 3.63) is 11.8 Å². The third-order valence-electron chi connectivity index (χ3n) is 3.57. The summed E-state index contributed by atoms with van der Waals surface area (Å²) >= 11 is 1.47. The van der Waals surface area contributed by atoms with Crippen molar-refractivity contribution < 1.29 is 4.79 Å². The molecule has 0 aromatic carbocycles. The van der Waals surface area contributed by atoms with Crippen LogP contribution < -0.4 is 10.6 Å². The molecule has 1 amide bonds. The van der Waals surface area contributed by atoms with Crippen molar-refractivity contribution in [2.45, 2.75) is 43.8 Å². The lowest BCUT2D eigenvalue weighted by molar-refractivity contribution is 0.1000. The van der Waals surface area contributed by atoms with E-state index in [1.807, 2.05) is 6.26 Å². The van der Waals surface area contributed by atoms with Crippen molar-refractivity contribution in [2.24, 2.45) is 5.73 Å². The molecule has 1 heterocycles. The highest BCUT2D eigenvalue weighted by Crippen LogP contribution is 2.29. The summed E-state index contributed by atoms with van der Waals surface area (Å²) in [6.45, 7) is 2.92. The minimum atomic E-state index is -0.459. The van der Waals surface area contributed by atoms with E-state index in [0.717, 1.165) is 19.4 Å². The Morgan fingerprint density at radius 3 is 2.74 bits per heavy atom. The number of aromatic nitrogens is 2. The molecule has 0 atom stereocenters. The van der Waals surface area contributed by atoms with Crippen molar-refractivity contribution in [3.8, 4) is 0 Å². The number of nitrogens with two attached hydrogens (primary N) is 1. The molecule has 1 aliphatic carbocycles. The second kappa shape index (κ2) is 6.23. The van der Waals surface area contributed by atoms with Gasteiger partial charge in [0, 0.05) is 18.8 Å². The average molecular weight is 280 g/mol. The Morgan fingerprint density at radius 1 is 1.53 bits per heavy atom. The molecule has 0 saturated heterocycles.